The molecule has 0 aliphatic carbocycles. The molecule has 0 fully saturated rings. The van der Waals surface area contributed by atoms with Crippen LogP contribution in [0, 0.1) is 26.0 Å². The normalized spacial score (nSPS) is 6.73. The fourth-order valence-electron chi connectivity index (χ4n) is 0.528. The molecule has 0 saturated carbocycles. The maximum Gasteiger partial charge on any atom is 0 e. The minimum absolute atomic E-state index is 0. The molecule has 0 unspecified atom stereocenters. The van der Waals surface area contributed by atoms with E-state index < -0.39 is 0 Å². The molecule has 1 aromatic carbocycles. The Morgan fingerprint density at radius 1 is 0.909 bits per heavy atom. The van der Waals surface area contributed by atoms with Crippen LogP contribution in [0.4, 0.5) is 0 Å². The van der Waals surface area contributed by atoms with Crippen LogP contribution in [0.5, 0.6) is 0 Å². The van der Waals surface area contributed by atoms with E-state index in [9.17, 15) is 0 Å². The molecule has 0 aromatic heterocycles. The second-order valence-electron chi connectivity index (χ2n) is 1.95. The summed E-state index contributed by atoms with van der Waals surface area (Å²) >= 11 is 0. The summed E-state index contributed by atoms with van der Waals surface area (Å²) in [5.74, 6) is 0. The van der Waals surface area contributed by atoms with Crippen molar-refractivity contribution in [1.82, 2.24) is 0 Å². The Kier molecular flexibility index (Phi) is 18.5. The SMILES string of the molecule is Cc1[c-]cc(C)c[c-]1.[Y].[Y].[Y]. The largest absolute Gasteiger partial charge is 0.356 e. The molecule has 0 aliphatic heterocycles. The van der Waals surface area contributed by atoms with Crippen LogP contribution in [0.3, 0.4) is 0 Å². The van der Waals surface area contributed by atoms with Crippen molar-refractivity contribution in [2.24, 2.45) is 0 Å². The first-order valence-corrected chi connectivity index (χ1v) is 2.65. The molecule has 51 valence electrons. The van der Waals surface area contributed by atoms with Crippen LogP contribution in [0.2, 0.25) is 0 Å². The van der Waals surface area contributed by atoms with Crippen molar-refractivity contribution in [2.75, 3.05) is 0 Å². The summed E-state index contributed by atoms with van der Waals surface area (Å²) in [4.78, 5) is 0. The monoisotopic (exact) mass is 371 g/mol. The fraction of sp³-hybridized carbons (Fsp3) is 0.250. The second-order valence-corrected chi connectivity index (χ2v) is 1.95. The van der Waals surface area contributed by atoms with E-state index in [4.69, 9.17) is 0 Å². The van der Waals surface area contributed by atoms with E-state index in [0.717, 1.165) is 5.56 Å². The molecule has 1 rings (SSSR count). The van der Waals surface area contributed by atoms with Gasteiger partial charge in [0.05, 0.1) is 0 Å². The molecule has 0 saturated heterocycles. The Hall–Kier alpha value is 2.53. The Morgan fingerprint density at radius 2 is 1.27 bits per heavy atom. The quantitative estimate of drug-likeness (QED) is 0.612. The van der Waals surface area contributed by atoms with E-state index in [2.05, 4.69) is 12.1 Å². The van der Waals surface area contributed by atoms with Gasteiger partial charge in [0, 0.05) is 98.1 Å². The van der Waals surface area contributed by atoms with Gasteiger partial charge in [-0.1, -0.05) is 6.92 Å². The van der Waals surface area contributed by atoms with Gasteiger partial charge in [0.1, 0.15) is 0 Å². The molecule has 3 radical (unpaired) electrons. The van der Waals surface area contributed by atoms with Crippen LogP contribution in [0.15, 0.2) is 12.1 Å². The Bertz CT molecular complexity index is 148. The summed E-state index contributed by atoms with van der Waals surface area (Å²) in [7, 11) is 0. The van der Waals surface area contributed by atoms with Crippen molar-refractivity contribution < 1.29 is 98.1 Å². The zero-order valence-electron chi connectivity index (χ0n) is 6.89. The number of benzene rings is 1. The van der Waals surface area contributed by atoms with Gasteiger partial charge < -0.3 is 12.1 Å². The van der Waals surface area contributed by atoms with Crippen molar-refractivity contribution >= 4 is 0 Å². The molecular formula is C8H8Y3-2. The van der Waals surface area contributed by atoms with E-state index in [-0.39, 0.29) is 98.1 Å². The number of hydrogen-bond donors (Lipinski definition) is 0. The maximum atomic E-state index is 3.04. The van der Waals surface area contributed by atoms with Crippen LogP contribution in [-0.2, 0) is 98.1 Å². The molecule has 0 nitrogen and oxygen atoms in total. The number of aryl methyl sites for hydroxylation is 2. The predicted molar refractivity (Wildman–Crippen MR) is 33.6 cm³/mol. The van der Waals surface area contributed by atoms with Crippen molar-refractivity contribution in [2.45, 2.75) is 13.8 Å². The van der Waals surface area contributed by atoms with Gasteiger partial charge in [0.25, 0.3) is 0 Å². The Labute approximate surface area is 144 Å². The van der Waals surface area contributed by atoms with Gasteiger partial charge >= 0.3 is 0 Å². The first-order chi connectivity index (χ1) is 3.79. The van der Waals surface area contributed by atoms with Crippen molar-refractivity contribution in [1.29, 1.82) is 0 Å². The van der Waals surface area contributed by atoms with Crippen LogP contribution in [-0.4, -0.2) is 0 Å². The molecule has 0 bridgehead atoms. The first-order valence-electron chi connectivity index (χ1n) is 2.65. The molecule has 0 atom stereocenters. The summed E-state index contributed by atoms with van der Waals surface area (Å²) in [6.45, 7) is 4.02. The second kappa shape index (κ2) is 10.6. The van der Waals surface area contributed by atoms with Crippen molar-refractivity contribution in [3.63, 3.8) is 0 Å². The third kappa shape index (κ3) is 8.85. The Balaban J connectivity index is -0.000000213. The maximum absolute atomic E-state index is 3.04. The third-order valence-electron chi connectivity index (χ3n) is 1.03. The van der Waals surface area contributed by atoms with Crippen LogP contribution in [0.25, 0.3) is 0 Å². The summed E-state index contributed by atoms with van der Waals surface area (Å²) in [6.07, 6.45) is 0. The molecule has 0 heterocycles. The zero-order chi connectivity index (χ0) is 5.98. The standard InChI is InChI=1S/C8H8.3Y/c1-7-3-5-8(2)6-4-7;;;/h3-4H,1-2H3;;;/q-2;;;. The molecule has 1 aromatic rings. The van der Waals surface area contributed by atoms with Crippen LogP contribution >= 0.6 is 0 Å². The van der Waals surface area contributed by atoms with E-state index in [1.807, 2.05) is 26.0 Å². The molecule has 0 amide bonds. The summed E-state index contributed by atoms with van der Waals surface area (Å²) in [6, 6.07) is 10.0. The smallest absolute Gasteiger partial charge is 0 e. The van der Waals surface area contributed by atoms with Gasteiger partial charge in [-0.15, -0.1) is 6.92 Å². The van der Waals surface area contributed by atoms with Gasteiger partial charge in [-0.2, -0.15) is 0 Å². The number of rotatable bonds is 0. The molecule has 0 aliphatic rings. The average Bonchev–Trinajstić information content (AvgIpc) is 1.77. The topological polar surface area (TPSA) is 0 Å². The molecular weight excluding hydrogens is 363 g/mol. The van der Waals surface area contributed by atoms with Gasteiger partial charge in [0.2, 0.25) is 0 Å². The van der Waals surface area contributed by atoms with Crippen LogP contribution in [0.1, 0.15) is 11.1 Å². The molecule has 0 spiro atoms. The summed E-state index contributed by atoms with van der Waals surface area (Å²) in [5, 5.41) is 0. The van der Waals surface area contributed by atoms with Crippen LogP contribution < -0.4 is 0 Å². The van der Waals surface area contributed by atoms with E-state index >= 15 is 0 Å². The van der Waals surface area contributed by atoms with Crippen molar-refractivity contribution in [3.05, 3.63) is 35.4 Å². The first kappa shape index (κ1) is 19.2. The third-order valence-corrected chi connectivity index (χ3v) is 1.03. The zero-order valence-corrected chi connectivity index (χ0v) is 15.4. The minimum atomic E-state index is 0. The van der Waals surface area contributed by atoms with Gasteiger partial charge in [-0.05, 0) is 0 Å². The molecule has 3 heteroatoms. The molecule has 0 N–H and O–H groups in total. The van der Waals surface area contributed by atoms with E-state index in [1.165, 1.54) is 5.56 Å². The fourth-order valence-corrected chi connectivity index (χ4v) is 0.528. The predicted octanol–water partition coefficient (Wildman–Crippen LogP) is 1.90. The summed E-state index contributed by atoms with van der Waals surface area (Å²) in [5.41, 5.74) is 2.30. The summed E-state index contributed by atoms with van der Waals surface area (Å²) < 4.78 is 0. The minimum Gasteiger partial charge on any atom is -0.356 e. The van der Waals surface area contributed by atoms with Gasteiger partial charge in [0.15, 0.2) is 0 Å². The van der Waals surface area contributed by atoms with E-state index in [0.29, 0.717) is 0 Å². The Morgan fingerprint density at radius 3 is 1.55 bits per heavy atom. The molecule has 11 heavy (non-hydrogen) atoms. The van der Waals surface area contributed by atoms with Gasteiger partial charge in [-0.3, -0.25) is 23.3 Å². The van der Waals surface area contributed by atoms with E-state index in [1.54, 1.807) is 0 Å². The van der Waals surface area contributed by atoms with Gasteiger partial charge in [-0.25, -0.2) is 0 Å². The average molecular weight is 371 g/mol. The van der Waals surface area contributed by atoms with Crippen molar-refractivity contribution in [3.8, 4) is 0 Å². The number of hydrogen-bond acceptors (Lipinski definition) is 0.